The molecule has 0 aromatic heterocycles. The van der Waals surface area contributed by atoms with E-state index in [0.29, 0.717) is 3.57 Å². The lowest BCUT2D eigenvalue weighted by atomic mass is 9.89. The molecule has 0 spiro atoms. The smallest absolute Gasteiger partial charge is 0.195 e. The van der Waals surface area contributed by atoms with Gasteiger partial charge in [-0.1, -0.05) is 18.2 Å². The van der Waals surface area contributed by atoms with E-state index in [4.69, 9.17) is 0 Å². The van der Waals surface area contributed by atoms with Crippen molar-refractivity contribution in [2.75, 3.05) is 0 Å². The van der Waals surface area contributed by atoms with Gasteiger partial charge >= 0.3 is 47.6 Å². The zero-order chi connectivity index (χ0) is 27.4. The molecule has 1 rings (SSSR count). The quantitative estimate of drug-likeness (QED) is 0.197. The van der Waals surface area contributed by atoms with Gasteiger partial charge in [0.1, 0.15) is 0 Å². The van der Waals surface area contributed by atoms with Crippen molar-refractivity contribution in [2.24, 2.45) is 0 Å². The number of rotatable bonds is 8. The number of benzene rings is 1. The van der Waals surface area contributed by atoms with Crippen LogP contribution in [0.15, 0.2) is 30.3 Å². The van der Waals surface area contributed by atoms with Gasteiger partial charge in [-0.2, -0.15) is 74.6 Å². The fourth-order valence-corrected chi connectivity index (χ4v) is 2.42. The molecule has 0 saturated carbocycles. The normalized spacial score (nSPS) is 15.8. The SMILES string of the molecule is FC(F)(F)C(F)(F)C(F)(F)C(F)(F)C(F)(F)C(F)(F)C(F)(F)C(F)(F)/C=C/c1ccc(I)cc1. The summed E-state index contributed by atoms with van der Waals surface area (Å²) in [5.74, 6) is -56.4. The number of hydrogen-bond donors (Lipinski definition) is 0. The molecule has 1 aromatic carbocycles. The van der Waals surface area contributed by atoms with Gasteiger partial charge in [0.05, 0.1) is 0 Å². The van der Waals surface area contributed by atoms with E-state index >= 15 is 0 Å². The lowest BCUT2D eigenvalue weighted by Crippen LogP contribution is -2.74. The summed E-state index contributed by atoms with van der Waals surface area (Å²) in [4.78, 5) is 0. The van der Waals surface area contributed by atoms with Crippen LogP contribution in [0, 0.1) is 3.57 Å². The standard InChI is InChI=1S/C16H6F17I/c17-9(18,6-5-7-1-3-8(34)4-2-7)10(19,20)11(21,22)12(23,24)13(25,26)14(27,28)15(29,30)16(31,32)33/h1-6H/b6-5+. The third-order valence-electron chi connectivity index (χ3n) is 4.10. The first-order valence-electron chi connectivity index (χ1n) is 7.88. The third kappa shape index (κ3) is 4.42. The topological polar surface area (TPSA) is 0 Å². The molecule has 0 unspecified atom stereocenters. The van der Waals surface area contributed by atoms with Gasteiger partial charge in [-0.25, -0.2) is 0 Å². The fourth-order valence-electron chi connectivity index (χ4n) is 2.06. The minimum Gasteiger partial charge on any atom is -0.195 e. The van der Waals surface area contributed by atoms with Crippen LogP contribution >= 0.6 is 22.6 Å². The van der Waals surface area contributed by atoms with Crippen molar-refractivity contribution in [3.8, 4) is 0 Å². The van der Waals surface area contributed by atoms with Crippen LogP contribution in [0.5, 0.6) is 0 Å². The Morgan fingerprint density at radius 3 is 1.15 bits per heavy atom. The zero-order valence-corrected chi connectivity index (χ0v) is 17.4. The van der Waals surface area contributed by atoms with E-state index in [1.54, 1.807) is 22.6 Å². The van der Waals surface area contributed by atoms with E-state index in [2.05, 4.69) is 0 Å². The first kappa shape index (κ1) is 30.5. The molecule has 1 aromatic rings. The van der Waals surface area contributed by atoms with Gasteiger partial charge in [0.2, 0.25) is 0 Å². The molecule has 0 radical (unpaired) electrons. The Labute approximate surface area is 190 Å². The average Bonchev–Trinajstić information content (AvgIpc) is 2.65. The molecule has 196 valence electrons. The molecular formula is C16H6F17I. The molecule has 0 bridgehead atoms. The van der Waals surface area contributed by atoms with E-state index < -0.39 is 59.3 Å². The summed E-state index contributed by atoms with van der Waals surface area (Å²) >= 11 is 1.67. The highest BCUT2D eigenvalue weighted by molar-refractivity contribution is 14.1. The number of alkyl halides is 17. The maximum Gasteiger partial charge on any atom is 0.460 e. The Hall–Kier alpha value is -1.50. The van der Waals surface area contributed by atoms with Crippen LogP contribution in [0.25, 0.3) is 6.08 Å². The second-order valence-electron chi connectivity index (χ2n) is 6.45. The van der Waals surface area contributed by atoms with E-state index in [1.807, 2.05) is 0 Å². The molecule has 0 N–H and O–H groups in total. The number of halogens is 18. The van der Waals surface area contributed by atoms with Crippen molar-refractivity contribution in [1.82, 2.24) is 0 Å². The molecular weight excluding hydrogens is 642 g/mol. The molecule has 18 heteroatoms. The van der Waals surface area contributed by atoms with Crippen LogP contribution < -0.4 is 0 Å². The molecule has 0 heterocycles. The Balaban J connectivity index is 3.57. The summed E-state index contributed by atoms with van der Waals surface area (Å²) in [6.45, 7) is 0. The van der Waals surface area contributed by atoms with Crippen LogP contribution in [0.2, 0.25) is 0 Å². The van der Waals surface area contributed by atoms with Gasteiger partial charge in [0, 0.05) is 3.57 Å². The number of allylic oxidation sites excluding steroid dienone is 1. The zero-order valence-electron chi connectivity index (χ0n) is 15.3. The van der Waals surface area contributed by atoms with Crippen LogP contribution in [-0.2, 0) is 0 Å². The maximum absolute atomic E-state index is 13.7. The van der Waals surface area contributed by atoms with E-state index in [0.717, 1.165) is 24.3 Å². The van der Waals surface area contributed by atoms with Gasteiger partial charge in [-0.15, -0.1) is 0 Å². The minimum atomic E-state index is -8.62. The molecule has 0 saturated heterocycles. The Kier molecular flexibility index (Phi) is 7.69. The first-order chi connectivity index (χ1) is 14.7. The average molecular weight is 648 g/mol. The highest BCUT2D eigenvalue weighted by atomic mass is 127. The van der Waals surface area contributed by atoms with Crippen LogP contribution in [0.4, 0.5) is 74.6 Å². The summed E-state index contributed by atoms with van der Waals surface area (Å²) in [5.41, 5.74) is -0.465. The van der Waals surface area contributed by atoms with Crippen molar-refractivity contribution >= 4 is 28.7 Å². The van der Waals surface area contributed by atoms with Crippen LogP contribution in [-0.4, -0.2) is 47.6 Å². The summed E-state index contributed by atoms with van der Waals surface area (Å²) in [6, 6.07) is 4.08. The van der Waals surface area contributed by atoms with Gasteiger partial charge in [-0.05, 0) is 46.4 Å². The predicted molar refractivity (Wildman–Crippen MR) is 88.9 cm³/mol. The highest BCUT2D eigenvalue weighted by Gasteiger charge is 2.95. The van der Waals surface area contributed by atoms with Crippen molar-refractivity contribution in [1.29, 1.82) is 0 Å². The lowest BCUT2D eigenvalue weighted by Gasteiger charge is -2.42. The summed E-state index contributed by atoms with van der Waals surface area (Å²) in [7, 11) is 0. The van der Waals surface area contributed by atoms with Gasteiger partial charge in [0.25, 0.3) is 0 Å². The van der Waals surface area contributed by atoms with E-state index in [-0.39, 0.29) is 6.08 Å². The molecule has 0 nitrogen and oxygen atoms in total. The summed E-state index contributed by atoms with van der Waals surface area (Å²) in [6.07, 6.45) is -9.07. The third-order valence-corrected chi connectivity index (χ3v) is 4.82. The Bertz CT molecular complexity index is 895. The molecule has 0 fully saturated rings. The molecule has 0 aliphatic carbocycles. The molecule has 34 heavy (non-hydrogen) atoms. The summed E-state index contributed by atoms with van der Waals surface area (Å²) in [5, 5.41) is 0. The second-order valence-corrected chi connectivity index (χ2v) is 7.70. The van der Waals surface area contributed by atoms with Gasteiger partial charge in [0.15, 0.2) is 0 Å². The highest BCUT2D eigenvalue weighted by Crippen LogP contribution is 2.64. The largest absolute Gasteiger partial charge is 0.460 e. The van der Waals surface area contributed by atoms with Crippen LogP contribution in [0.3, 0.4) is 0 Å². The molecule has 0 aliphatic heterocycles. The lowest BCUT2D eigenvalue weighted by molar-refractivity contribution is -0.459. The van der Waals surface area contributed by atoms with E-state index in [9.17, 15) is 74.6 Å². The van der Waals surface area contributed by atoms with Crippen LogP contribution in [0.1, 0.15) is 5.56 Å². The molecule has 0 atom stereocenters. The number of hydrogen-bond acceptors (Lipinski definition) is 0. The fraction of sp³-hybridized carbons (Fsp3) is 0.500. The molecule has 0 aliphatic rings. The maximum atomic E-state index is 13.7. The summed E-state index contributed by atoms with van der Waals surface area (Å²) < 4.78 is 224. The predicted octanol–water partition coefficient (Wildman–Crippen LogP) is 8.31. The first-order valence-corrected chi connectivity index (χ1v) is 8.96. The van der Waals surface area contributed by atoms with Gasteiger partial charge < -0.3 is 0 Å². The second kappa shape index (κ2) is 8.56. The minimum absolute atomic E-state index is 0.0945. The Morgan fingerprint density at radius 1 is 0.471 bits per heavy atom. The molecule has 0 amide bonds. The van der Waals surface area contributed by atoms with Crippen molar-refractivity contribution in [3.05, 3.63) is 39.5 Å². The monoisotopic (exact) mass is 648 g/mol. The van der Waals surface area contributed by atoms with Crippen molar-refractivity contribution < 1.29 is 74.6 Å². The van der Waals surface area contributed by atoms with Gasteiger partial charge in [-0.3, -0.25) is 0 Å². The van der Waals surface area contributed by atoms with E-state index in [1.165, 1.54) is 0 Å². The van der Waals surface area contributed by atoms with Crippen molar-refractivity contribution in [3.63, 3.8) is 0 Å². The Morgan fingerprint density at radius 2 is 0.794 bits per heavy atom. The van der Waals surface area contributed by atoms with Crippen molar-refractivity contribution in [2.45, 2.75) is 47.6 Å².